The van der Waals surface area contributed by atoms with Gasteiger partial charge in [-0.1, -0.05) is 42.5 Å². The molecular weight excluding hydrogens is 426 g/mol. The summed E-state index contributed by atoms with van der Waals surface area (Å²) in [5.41, 5.74) is 3.09. The number of hydrogen-bond donors (Lipinski definition) is 2. The molecule has 3 aromatic rings. The predicted molar refractivity (Wildman–Crippen MR) is 123 cm³/mol. The molecule has 0 aliphatic heterocycles. The fourth-order valence-electron chi connectivity index (χ4n) is 3.01. The summed E-state index contributed by atoms with van der Waals surface area (Å²) in [5, 5.41) is 5.55. The van der Waals surface area contributed by atoms with Gasteiger partial charge in [0.1, 0.15) is 11.4 Å². The lowest BCUT2D eigenvalue weighted by Crippen LogP contribution is -2.31. The molecule has 166 valence electrons. The van der Waals surface area contributed by atoms with E-state index in [0.29, 0.717) is 6.54 Å². The van der Waals surface area contributed by atoms with Gasteiger partial charge in [-0.15, -0.1) is 0 Å². The van der Waals surface area contributed by atoms with E-state index in [9.17, 15) is 18.0 Å². The number of hydrogen-bond acceptors (Lipinski definition) is 5. The topological polar surface area (TPSA) is 105 Å². The highest BCUT2D eigenvalue weighted by Crippen LogP contribution is 2.22. The minimum atomic E-state index is -3.23. The molecule has 0 unspecified atom stereocenters. The lowest BCUT2D eigenvalue weighted by molar-refractivity contribution is 0.0936. The minimum absolute atomic E-state index is 0.0256. The number of nitrogens with zero attached hydrogens (tertiary/aromatic N) is 1. The molecule has 0 saturated carbocycles. The SMILES string of the molecule is CC(C)NC(=O)c1cccc(C(=O)NCc2ccc(-c3ccc(S(C)(=O)=O)cc3)cc2)n1. The van der Waals surface area contributed by atoms with Crippen LogP contribution >= 0.6 is 0 Å². The molecule has 2 aromatic carbocycles. The average molecular weight is 452 g/mol. The highest BCUT2D eigenvalue weighted by atomic mass is 32.2. The Kier molecular flexibility index (Phi) is 7.05. The fourth-order valence-corrected chi connectivity index (χ4v) is 3.64. The number of carbonyl (C=O) groups is 2. The highest BCUT2D eigenvalue weighted by Gasteiger charge is 2.13. The number of carbonyl (C=O) groups excluding carboxylic acids is 2. The number of aromatic nitrogens is 1. The summed E-state index contributed by atoms with van der Waals surface area (Å²) >= 11 is 0. The molecule has 0 aliphatic rings. The molecule has 7 nitrogen and oxygen atoms in total. The number of amides is 2. The van der Waals surface area contributed by atoms with Gasteiger partial charge in [0.25, 0.3) is 11.8 Å². The van der Waals surface area contributed by atoms with Gasteiger partial charge in [-0.3, -0.25) is 9.59 Å². The number of rotatable bonds is 7. The van der Waals surface area contributed by atoms with E-state index in [1.54, 1.807) is 42.5 Å². The molecule has 0 aliphatic carbocycles. The fraction of sp³-hybridized carbons (Fsp3) is 0.208. The zero-order valence-electron chi connectivity index (χ0n) is 18.1. The third-order valence-electron chi connectivity index (χ3n) is 4.66. The second-order valence-corrected chi connectivity index (χ2v) is 9.73. The Morgan fingerprint density at radius 3 is 1.91 bits per heavy atom. The predicted octanol–water partition coefficient (Wildman–Crippen LogP) is 3.22. The zero-order chi connectivity index (χ0) is 23.3. The minimum Gasteiger partial charge on any atom is -0.349 e. The summed E-state index contributed by atoms with van der Waals surface area (Å²) in [6.45, 7) is 4.00. The van der Waals surface area contributed by atoms with Crippen molar-refractivity contribution in [3.05, 3.63) is 83.7 Å². The maximum atomic E-state index is 12.5. The Labute approximate surface area is 187 Å². The molecule has 0 bridgehead atoms. The van der Waals surface area contributed by atoms with Crippen LogP contribution in [0.1, 0.15) is 40.4 Å². The van der Waals surface area contributed by atoms with Crippen LogP contribution in [0.2, 0.25) is 0 Å². The summed E-state index contributed by atoms with van der Waals surface area (Å²) in [6, 6.07) is 19.0. The van der Waals surface area contributed by atoms with Crippen molar-refractivity contribution < 1.29 is 18.0 Å². The molecule has 8 heteroatoms. The van der Waals surface area contributed by atoms with E-state index < -0.39 is 9.84 Å². The number of nitrogens with one attached hydrogen (secondary N) is 2. The van der Waals surface area contributed by atoms with E-state index in [1.165, 1.54) is 6.26 Å². The van der Waals surface area contributed by atoms with E-state index in [1.807, 2.05) is 38.1 Å². The first-order valence-corrected chi connectivity index (χ1v) is 12.0. The normalized spacial score (nSPS) is 11.2. The van der Waals surface area contributed by atoms with Crippen LogP contribution in [-0.4, -0.2) is 37.5 Å². The zero-order valence-corrected chi connectivity index (χ0v) is 18.9. The monoisotopic (exact) mass is 451 g/mol. The van der Waals surface area contributed by atoms with Gasteiger partial charge in [-0.25, -0.2) is 13.4 Å². The molecule has 3 rings (SSSR count). The molecule has 2 N–H and O–H groups in total. The van der Waals surface area contributed by atoms with E-state index in [4.69, 9.17) is 0 Å². The first-order chi connectivity index (χ1) is 15.1. The lowest BCUT2D eigenvalue weighted by atomic mass is 10.0. The quantitative estimate of drug-likeness (QED) is 0.574. The van der Waals surface area contributed by atoms with Crippen molar-refractivity contribution in [3.63, 3.8) is 0 Å². The molecule has 0 radical (unpaired) electrons. The molecule has 0 saturated heterocycles. The van der Waals surface area contributed by atoms with Crippen molar-refractivity contribution in [2.75, 3.05) is 6.26 Å². The van der Waals surface area contributed by atoms with Crippen LogP contribution < -0.4 is 10.6 Å². The van der Waals surface area contributed by atoms with E-state index >= 15 is 0 Å². The van der Waals surface area contributed by atoms with Gasteiger partial charge >= 0.3 is 0 Å². The Hall–Kier alpha value is -3.52. The van der Waals surface area contributed by atoms with Crippen LogP contribution in [0.15, 0.2) is 71.6 Å². The standard InChI is InChI=1S/C24H25N3O4S/c1-16(2)26-24(29)22-6-4-5-21(27-22)23(28)25-15-17-7-9-18(10-8-17)19-11-13-20(14-12-19)32(3,30)31/h4-14,16H,15H2,1-3H3,(H,25,28)(H,26,29). The average Bonchev–Trinajstić information content (AvgIpc) is 2.77. The van der Waals surface area contributed by atoms with Gasteiger partial charge in [0.2, 0.25) is 0 Å². The van der Waals surface area contributed by atoms with Gasteiger partial charge < -0.3 is 10.6 Å². The molecule has 1 heterocycles. The molecule has 0 atom stereocenters. The first-order valence-electron chi connectivity index (χ1n) is 10.1. The van der Waals surface area contributed by atoms with Crippen LogP contribution in [0, 0.1) is 0 Å². The van der Waals surface area contributed by atoms with Crippen molar-refractivity contribution in [1.29, 1.82) is 0 Å². The summed E-state index contributed by atoms with van der Waals surface area (Å²) in [6.07, 6.45) is 1.18. The van der Waals surface area contributed by atoms with E-state index in [2.05, 4.69) is 15.6 Å². The van der Waals surface area contributed by atoms with Gasteiger partial charge in [-0.05, 0) is 54.8 Å². The number of pyridine rings is 1. The molecule has 0 fully saturated rings. The Bertz CT molecular complexity index is 1220. The summed E-state index contributed by atoms with van der Waals surface area (Å²) < 4.78 is 23.2. The highest BCUT2D eigenvalue weighted by molar-refractivity contribution is 7.90. The maximum Gasteiger partial charge on any atom is 0.270 e. The van der Waals surface area contributed by atoms with Crippen LogP contribution in [-0.2, 0) is 16.4 Å². The van der Waals surface area contributed by atoms with E-state index in [0.717, 1.165) is 16.7 Å². The van der Waals surface area contributed by atoms with Crippen LogP contribution in [0.5, 0.6) is 0 Å². The Morgan fingerprint density at radius 2 is 1.38 bits per heavy atom. The van der Waals surface area contributed by atoms with Crippen molar-refractivity contribution in [2.45, 2.75) is 31.3 Å². The van der Waals surface area contributed by atoms with Crippen LogP contribution in [0.25, 0.3) is 11.1 Å². The van der Waals surface area contributed by atoms with Crippen molar-refractivity contribution >= 4 is 21.7 Å². The van der Waals surface area contributed by atoms with Crippen LogP contribution in [0.3, 0.4) is 0 Å². The third kappa shape index (κ3) is 6.01. The smallest absolute Gasteiger partial charge is 0.270 e. The van der Waals surface area contributed by atoms with Crippen molar-refractivity contribution in [1.82, 2.24) is 15.6 Å². The second-order valence-electron chi connectivity index (χ2n) is 7.71. The molecular formula is C24H25N3O4S. The molecule has 0 spiro atoms. The van der Waals surface area contributed by atoms with Gasteiger partial charge in [-0.2, -0.15) is 0 Å². The van der Waals surface area contributed by atoms with Gasteiger partial charge in [0, 0.05) is 18.8 Å². The largest absolute Gasteiger partial charge is 0.349 e. The molecule has 1 aromatic heterocycles. The number of benzene rings is 2. The van der Waals surface area contributed by atoms with Crippen molar-refractivity contribution in [3.8, 4) is 11.1 Å². The summed E-state index contributed by atoms with van der Waals surface area (Å²) in [5.74, 6) is -0.695. The number of sulfone groups is 1. The van der Waals surface area contributed by atoms with Gasteiger partial charge in [0.05, 0.1) is 4.90 Å². The summed E-state index contributed by atoms with van der Waals surface area (Å²) in [7, 11) is -3.23. The van der Waals surface area contributed by atoms with E-state index in [-0.39, 0.29) is 34.1 Å². The third-order valence-corrected chi connectivity index (χ3v) is 5.79. The Morgan fingerprint density at radius 1 is 0.844 bits per heavy atom. The van der Waals surface area contributed by atoms with Gasteiger partial charge in [0.15, 0.2) is 9.84 Å². The first kappa shape index (κ1) is 23.1. The lowest BCUT2D eigenvalue weighted by Gasteiger charge is -2.09. The maximum absolute atomic E-state index is 12.5. The van der Waals surface area contributed by atoms with Crippen molar-refractivity contribution in [2.24, 2.45) is 0 Å². The molecule has 2 amide bonds. The Balaban J connectivity index is 1.63. The summed E-state index contributed by atoms with van der Waals surface area (Å²) in [4.78, 5) is 29.0. The second kappa shape index (κ2) is 9.74. The van der Waals surface area contributed by atoms with Crippen LogP contribution in [0.4, 0.5) is 0 Å². The molecule has 32 heavy (non-hydrogen) atoms.